The van der Waals surface area contributed by atoms with Gasteiger partial charge in [0.1, 0.15) is 6.17 Å². The van der Waals surface area contributed by atoms with Crippen molar-refractivity contribution in [1.82, 2.24) is 0 Å². The van der Waals surface area contributed by atoms with Gasteiger partial charge in [0.25, 0.3) is 0 Å². The van der Waals surface area contributed by atoms with Gasteiger partial charge in [-0.05, 0) is 43.4 Å². The third kappa shape index (κ3) is 9.15. The number of hydrogen-bond acceptors (Lipinski definition) is 0. The van der Waals surface area contributed by atoms with Gasteiger partial charge in [-0.15, -0.1) is 19.2 Å². The van der Waals surface area contributed by atoms with Gasteiger partial charge in [0.05, 0.1) is 6.67 Å². The molecule has 3 atom stereocenters. The van der Waals surface area contributed by atoms with Crippen LogP contribution in [0.2, 0.25) is 0 Å². The first-order valence-corrected chi connectivity index (χ1v) is 15.5. The summed E-state index contributed by atoms with van der Waals surface area (Å²) in [6, 6.07) is 16.9. The summed E-state index contributed by atoms with van der Waals surface area (Å²) >= 11 is 0. The molecular formula is C28H42F2FeP2-6. The van der Waals surface area contributed by atoms with Crippen LogP contribution in [0.4, 0.5) is 8.78 Å². The van der Waals surface area contributed by atoms with Gasteiger partial charge >= 0.3 is 0 Å². The molecule has 2 saturated carbocycles. The Morgan fingerprint density at radius 3 is 1.94 bits per heavy atom. The second-order valence-electron chi connectivity index (χ2n) is 9.43. The zero-order chi connectivity index (χ0) is 22.6. The second-order valence-corrected chi connectivity index (χ2v) is 13.8. The summed E-state index contributed by atoms with van der Waals surface area (Å²) in [5.74, 6) is 0. The van der Waals surface area contributed by atoms with Crippen LogP contribution in [-0.2, 0) is 17.1 Å². The molecule has 192 valence electrons. The van der Waals surface area contributed by atoms with Crippen LogP contribution in [0.3, 0.4) is 0 Å². The van der Waals surface area contributed by atoms with Crippen molar-refractivity contribution in [2.75, 3.05) is 6.67 Å². The molecule has 0 N–H and O–H groups in total. The maximum Gasteiger partial charge on any atom is 0.108 e. The summed E-state index contributed by atoms with van der Waals surface area (Å²) in [7, 11) is 0.377. The van der Waals surface area contributed by atoms with Crippen LogP contribution in [0.1, 0.15) is 84.0 Å². The third-order valence-electron chi connectivity index (χ3n) is 7.17. The van der Waals surface area contributed by atoms with E-state index in [1.165, 1.54) is 69.5 Å². The van der Waals surface area contributed by atoms with E-state index in [2.05, 4.69) is 25.1 Å². The van der Waals surface area contributed by atoms with E-state index in [0.717, 1.165) is 17.7 Å². The van der Waals surface area contributed by atoms with Crippen molar-refractivity contribution in [2.45, 2.75) is 107 Å². The smallest absolute Gasteiger partial charge is 0.108 e. The Bertz CT molecular complexity index is 670. The van der Waals surface area contributed by atoms with Gasteiger partial charge in [-0.3, -0.25) is 4.39 Å². The average Bonchev–Trinajstić information content (AvgIpc) is 3.55. The molecule has 2 aliphatic carbocycles. The number of halogens is 2. The molecule has 33 heavy (non-hydrogen) atoms. The Hall–Kier alpha value is -0.0605. The second kappa shape index (κ2) is 16.6. The SMILES string of the molecule is CCC(P[c-]1cccc1P(C1CCCCC1)C1CCCCC1)C(F)CCF.[Fe].[cH-]1[cH-][cH-][cH-][cH-]1. The minimum absolute atomic E-state index is 0. The predicted octanol–water partition coefficient (Wildman–Crippen LogP) is 8.36. The molecule has 0 amide bonds. The van der Waals surface area contributed by atoms with Crippen LogP contribution < -0.4 is 10.6 Å². The molecule has 5 heteroatoms. The number of hydrogen-bond donors (Lipinski definition) is 0. The number of alkyl halides is 2. The minimum atomic E-state index is -0.989. The predicted molar refractivity (Wildman–Crippen MR) is 142 cm³/mol. The van der Waals surface area contributed by atoms with Crippen LogP contribution in [0, 0.1) is 0 Å². The zero-order valence-corrected chi connectivity index (χ0v) is 23.2. The topological polar surface area (TPSA) is 0 Å². The molecule has 0 heterocycles. The molecule has 0 radical (unpaired) electrons. The Morgan fingerprint density at radius 1 is 0.970 bits per heavy atom. The van der Waals surface area contributed by atoms with E-state index >= 15 is 0 Å². The third-order valence-corrected chi connectivity index (χ3v) is 12.8. The van der Waals surface area contributed by atoms with E-state index in [0.29, 0.717) is 8.58 Å². The van der Waals surface area contributed by atoms with Crippen LogP contribution in [-0.4, -0.2) is 29.8 Å². The summed E-state index contributed by atoms with van der Waals surface area (Å²) in [6.45, 7) is 1.53. The van der Waals surface area contributed by atoms with Gasteiger partial charge in [-0.2, -0.15) is 6.07 Å². The van der Waals surface area contributed by atoms with Gasteiger partial charge in [0.15, 0.2) is 0 Å². The molecule has 0 nitrogen and oxygen atoms in total. The maximum atomic E-state index is 14.5. The standard InChI is InChI=1S/C23H37F2P2.C5H5.Fe/c1-2-21(20(25)16-17-24)26-22-14-9-15-23(22)27(18-10-5-3-6-11-18)19-12-7-4-8-13-19;1-2-4-5-3-1;/h9,14-15,18-21,26H,2-8,10-13,16-17H2,1H3;1-5H;/q-1;-5;. The van der Waals surface area contributed by atoms with Crippen molar-refractivity contribution in [3.8, 4) is 0 Å². The van der Waals surface area contributed by atoms with Crippen molar-refractivity contribution in [3.63, 3.8) is 0 Å². The molecule has 3 unspecified atom stereocenters. The first-order valence-electron chi connectivity index (χ1n) is 12.9. The van der Waals surface area contributed by atoms with Crippen molar-refractivity contribution >= 4 is 27.1 Å². The van der Waals surface area contributed by atoms with E-state index in [9.17, 15) is 8.78 Å². The Balaban J connectivity index is 0.000000568. The summed E-state index contributed by atoms with van der Waals surface area (Å²) in [5, 5.41) is 3.03. The van der Waals surface area contributed by atoms with Crippen LogP contribution >= 0.6 is 16.5 Å². The summed E-state index contributed by atoms with van der Waals surface area (Å²) < 4.78 is 27.2. The van der Waals surface area contributed by atoms with Gasteiger partial charge in [0.2, 0.25) is 0 Å². The Labute approximate surface area is 214 Å². The molecule has 0 aromatic heterocycles. The molecule has 2 aliphatic rings. The van der Waals surface area contributed by atoms with Crippen LogP contribution in [0.15, 0.2) is 48.5 Å². The summed E-state index contributed by atoms with van der Waals surface area (Å²) in [5.41, 5.74) is 1.77. The Morgan fingerprint density at radius 2 is 1.48 bits per heavy atom. The fourth-order valence-corrected chi connectivity index (χ4v) is 11.2. The molecule has 0 spiro atoms. The van der Waals surface area contributed by atoms with Crippen LogP contribution in [0.5, 0.6) is 0 Å². The zero-order valence-electron chi connectivity index (χ0n) is 20.2. The van der Waals surface area contributed by atoms with E-state index in [1.807, 2.05) is 30.3 Å². The maximum absolute atomic E-state index is 14.5. The number of rotatable bonds is 9. The van der Waals surface area contributed by atoms with Crippen LogP contribution in [0.25, 0.3) is 0 Å². The van der Waals surface area contributed by atoms with E-state index in [4.69, 9.17) is 0 Å². The first kappa shape index (κ1) is 29.2. The molecule has 2 aromatic carbocycles. The summed E-state index contributed by atoms with van der Waals surface area (Å²) in [6.07, 6.45) is 13.9. The molecule has 4 rings (SSSR count). The van der Waals surface area contributed by atoms with Crippen molar-refractivity contribution in [1.29, 1.82) is 0 Å². The first-order chi connectivity index (χ1) is 15.7. The minimum Gasteiger partial charge on any atom is -0.748 e. The van der Waals surface area contributed by atoms with Crippen molar-refractivity contribution in [3.05, 3.63) is 48.5 Å². The van der Waals surface area contributed by atoms with Crippen molar-refractivity contribution < 1.29 is 25.8 Å². The fourth-order valence-electron chi connectivity index (χ4n) is 5.44. The van der Waals surface area contributed by atoms with Gasteiger partial charge in [0, 0.05) is 29.1 Å². The molecule has 2 aromatic rings. The molecule has 2 fully saturated rings. The molecule has 0 aliphatic heterocycles. The largest absolute Gasteiger partial charge is 0.748 e. The normalized spacial score (nSPS) is 19.8. The molecule has 0 bridgehead atoms. The van der Waals surface area contributed by atoms with Gasteiger partial charge in [-0.1, -0.05) is 53.4 Å². The average molecular weight is 534 g/mol. The van der Waals surface area contributed by atoms with Crippen molar-refractivity contribution in [2.24, 2.45) is 0 Å². The monoisotopic (exact) mass is 534 g/mol. The van der Waals surface area contributed by atoms with Gasteiger partial charge < -0.3 is 30.3 Å². The van der Waals surface area contributed by atoms with E-state index < -0.39 is 12.8 Å². The van der Waals surface area contributed by atoms with E-state index in [1.54, 1.807) is 5.30 Å². The summed E-state index contributed by atoms with van der Waals surface area (Å²) in [4.78, 5) is 0. The van der Waals surface area contributed by atoms with E-state index in [-0.39, 0.29) is 37.1 Å². The quantitative estimate of drug-likeness (QED) is 0.172. The van der Waals surface area contributed by atoms with Gasteiger partial charge in [-0.25, -0.2) is 16.5 Å². The fraction of sp³-hybridized carbons (Fsp3) is 0.643. The Kier molecular flexibility index (Phi) is 14.7. The molecular weight excluding hydrogens is 492 g/mol. The molecule has 0 saturated heterocycles.